The summed E-state index contributed by atoms with van der Waals surface area (Å²) in [6.45, 7) is 4.29. The highest BCUT2D eigenvalue weighted by molar-refractivity contribution is 5.89. The van der Waals surface area contributed by atoms with E-state index in [4.69, 9.17) is 5.11 Å². The summed E-state index contributed by atoms with van der Waals surface area (Å²) >= 11 is 0. The minimum atomic E-state index is -1.17. The average Bonchev–Trinajstić information content (AvgIpc) is 2.00. The number of esters is 1. The van der Waals surface area contributed by atoms with Crippen molar-refractivity contribution in [2.45, 2.75) is 6.92 Å². The fraction of sp³-hybridized carbons (Fsp3) is 0.250. The van der Waals surface area contributed by atoms with E-state index in [9.17, 15) is 9.59 Å². The topological polar surface area (TPSA) is 63.6 Å². The average molecular weight is 170 g/mol. The van der Waals surface area contributed by atoms with Crippen molar-refractivity contribution in [2.24, 2.45) is 0 Å². The van der Waals surface area contributed by atoms with Crippen LogP contribution in [0.3, 0.4) is 0 Å². The molecule has 0 aromatic carbocycles. The van der Waals surface area contributed by atoms with Crippen molar-refractivity contribution >= 4 is 11.9 Å². The van der Waals surface area contributed by atoms with E-state index in [1.54, 1.807) is 0 Å². The van der Waals surface area contributed by atoms with Crippen molar-refractivity contribution in [3.8, 4) is 0 Å². The normalized spacial score (nSPS) is 10.6. The molecule has 0 aliphatic carbocycles. The summed E-state index contributed by atoms with van der Waals surface area (Å²) in [5, 5.41) is 8.16. The third-order valence-electron chi connectivity index (χ3n) is 1.02. The Hall–Kier alpha value is -1.58. The van der Waals surface area contributed by atoms with Gasteiger partial charge in [-0.3, -0.25) is 0 Å². The second kappa shape index (κ2) is 5.12. The Balaban J connectivity index is 3.96. The van der Waals surface area contributed by atoms with E-state index in [2.05, 4.69) is 11.3 Å². The first-order chi connectivity index (χ1) is 5.57. The SMILES string of the molecule is C=CC=C(C)C(=O)OCC(=O)O. The molecule has 12 heavy (non-hydrogen) atoms. The van der Waals surface area contributed by atoms with Gasteiger partial charge in [-0.25, -0.2) is 9.59 Å². The first-order valence-corrected chi connectivity index (χ1v) is 3.26. The maximum absolute atomic E-state index is 10.8. The molecule has 0 spiro atoms. The highest BCUT2D eigenvalue weighted by Crippen LogP contribution is 1.95. The largest absolute Gasteiger partial charge is 0.479 e. The molecule has 0 aromatic rings. The summed E-state index contributed by atoms with van der Waals surface area (Å²) in [4.78, 5) is 20.8. The Labute approximate surface area is 70.1 Å². The Kier molecular flexibility index (Phi) is 4.45. The van der Waals surface area contributed by atoms with E-state index in [-0.39, 0.29) is 0 Å². The molecule has 0 fully saturated rings. The van der Waals surface area contributed by atoms with Crippen molar-refractivity contribution in [3.05, 3.63) is 24.3 Å². The number of hydrogen-bond acceptors (Lipinski definition) is 3. The van der Waals surface area contributed by atoms with Crippen molar-refractivity contribution < 1.29 is 19.4 Å². The zero-order chi connectivity index (χ0) is 9.56. The standard InChI is InChI=1S/C8H10O4/c1-3-4-6(2)8(11)12-5-7(9)10/h3-4H,1,5H2,2H3,(H,9,10). The highest BCUT2D eigenvalue weighted by atomic mass is 16.5. The molecule has 0 radical (unpaired) electrons. The molecule has 0 heterocycles. The first kappa shape index (κ1) is 10.4. The van der Waals surface area contributed by atoms with E-state index in [0.717, 1.165) is 0 Å². The number of carbonyl (C=O) groups is 2. The Bertz CT molecular complexity index is 227. The van der Waals surface area contributed by atoms with Gasteiger partial charge >= 0.3 is 11.9 Å². The van der Waals surface area contributed by atoms with Gasteiger partial charge in [-0.15, -0.1) is 0 Å². The summed E-state index contributed by atoms with van der Waals surface area (Å²) in [5.74, 6) is -1.81. The molecular formula is C8H10O4. The molecule has 0 amide bonds. The lowest BCUT2D eigenvalue weighted by molar-refractivity contribution is -0.152. The van der Waals surface area contributed by atoms with Gasteiger partial charge in [0, 0.05) is 5.57 Å². The zero-order valence-electron chi connectivity index (χ0n) is 6.74. The smallest absolute Gasteiger partial charge is 0.341 e. The van der Waals surface area contributed by atoms with Crippen molar-refractivity contribution in [1.29, 1.82) is 0 Å². The molecule has 0 saturated heterocycles. The van der Waals surface area contributed by atoms with Gasteiger partial charge < -0.3 is 9.84 Å². The van der Waals surface area contributed by atoms with Crippen LogP contribution >= 0.6 is 0 Å². The molecule has 0 atom stereocenters. The van der Waals surface area contributed by atoms with Gasteiger partial charge in [0.05, 0.1) is 0 Å². The molecule has 1 N–H and O–H groups in total. The van der Waals surface area contributed by atoms with Gasteiger partial charge in [0.2, 0.25) is 0 Å². The maximum atomic E-state index is 10.8. The fourth-order valence-electron chi connectivity index (χ4n) is 0.486. The molecule has 0 aliphatic rings. The van der Waals surface area contributed by atoms with Gasteiger partial charge in [-0.1, -0.05) is 18.7 Å². The van der Waals surface area contributed by atoms with Crippen LogP contribution in [-0.4, -0.2) is 23.7 Å². The quantitative estimate of drug-likeness (QED) is 0.384. The molecule has 0 saturated carbocycles. The minimum absolute atomic E-state index is 0.325. The van der Waals surface area contributed by atoms with Crippen molar-refractivity contribution in [1.82, 2.24) is 0 Å². The van der Waals surface area contributed by atoms with Gasteiger partial charge in [-0.05, 0) is 6.92 Å². The molecular weight excluding hydrogens is 160 g/mol. The van der Waals surface area contributed by atoms with Crippen LogP contribution in [0.15, 0.2) is 24.3 Å². The van der Waals surface area contributed by atoms with Crippen LogP contribution in [0.4, 0.5) is 0 Å². The summed E-state index contributed by atoms with van der Waals surface area (Å²) in [7, 11) is 0. The van der Waals surface area contributed by atoms with Crippen LogP contribution in [0.2, 0.25) is 0 Å². The summed E-state index contributed by atoms with van der Waals surface area (Å²) in [6.07, 6.45) is 2.88. The van der Waals surface area contributed by atoms with E-state index in [1.165, 1.54) is 19.1 Å². The zero-order valence-corrected chi connectivity index (χ0v) is 6.74. The molecule has 4 heteroatoms. The van der Waals surface area contributed by atoms with Gasteiger partial charge in [0.15, 0.2) is 6.61 Å². The molecule has 0 aliphatic heterocycles. The Morgan fingerprint density at radius 3 is 2.58 bits per heavy atom. The Morgan fingerprint density at radius 1 is 1.58 bits per heavy atom. The van der Waals surface area contributed by atoms with Crippen LogP contribution in [0.1, 0.15) is 6.92 Å². The third kappa shape index (κ3) is 4.27. The summed E-state index contributed by atoms with van der Waals surface area (Å²) in [5.41, 5.74) is 0.325. The van der Waals surface area contributed by atoms with Crippen LogP contribution < -0.4 is 0 Å². The number of carbonyl (C=O) groups excluding carboxylic acids is 1. The summed E-state index contributed by atoms with van der Waals surface area (Å²) in [6, 6.07) is 0. The second-order valence-electron chi connectivity index (χ2n) is 2.06. The number of carboxylic acid groups (broad SMARTS) is 1. The Morgan fingerprint density at radius 2 is 2.17 bits per heavy atom. The van der Waals surface area contributed by atoms with E-state index >= 15 is 0 Å². The molecule has 0 bridgehead atoms. The van der Waals surface area contributed by atoms with E-state index in [0.29, 0.717) is 5.57 Å². The molecule has 0 rings (SSSR count). The van der Waals surface area contributed by atoms with E-state index in [1.807, 2.05) is 0 Å². The van der Waals surface area contributed by atoms with Crippen molar-refractivity contribution in [2.75, 3.05) is 6.61 Å². The molecule has 66 valence electrons. The number of hydrogen-bond donors (Lipinski definition) is 1. The predicted molar refractivity (Wildman–Crippen MR) is 42.5 cm³/mol. The minimum Gasteiger partial charge on any atom is -0.479 e. The van der Waals surface area contributed by atoms with Crippen LogP contribution in [0.5, 0.6) is 0 Å². The molecule has 4 nitrogen and oxygen atoms in total. The summed E-state index contributed by atoms with van der Waals surface area (Å²) < 4.78 is 4.36. The van der Waals surface area contributed by atoms with E-state index < -0.39 is 18.5 Å². The number of rotatable bonds is 4. The predicted octanol–water partition coefficient (Wildman–Crippen LogP) is 0.746. The maximum Gasteiger partial charge on any atom is 0.341 e. The highest BCUT2D eigenvalue weighted by Gasteiger charge is 2.06. The van der Waals surface area contributed by atoms with Gasteiger partial charge in [0.25, 0.3) is 0 Å². The first-order valence-electron chi connectivity index (χ1n) is 3.26. The fourth-order valence-corrected chi connectivity index (χ4v) is 0.486. The monoisotopic (exact) mass is 170 g/mol. The van der Waals surface area contributed by atoms with Crippen LogP contribution in [0.25, 0.3) is 0 Å². The number of aliphatic carboxylic acids is 1. The lowest BCUT2D eigenvalue weighted by atomic mass is 10.3. The lowest BCUT2D eigenvalue weighted by Crippen LogP contribution is -2.13. The number of ether oxygens (including phenoxy) is 1. The molecule has 0 aromatic heterocycles. The van der Waals surface area contributed by atoms with Gasteiger partial charge in [-0.2, -0.15) is 0 Å². The van der Waals surface area contributed by atoms with Crippen LogP contribution in [0, 0.1) is 0 Å². The number of carboxylic acids is 1. The molecule has 0 unspecified atom stereocenters. The van der Waals surface area contributed by atoms with Crippen molar-refractivity contribution in [3.63, 3.8) is 0 Å². The lowest BCUT2D eigenvalue weighted by Gasteiger charge is -1.99. The van der Waals surface area contributed by atoms with Gasteiger partial charge in [0.1, 0.15) is 0 Å². The number of allylic oxidation sites excluding steroid dienone is 2. The third-order valence-corrected chi connectivity index (χ3v) is 1.02. The second-order valence-corrected chi connectivity index (χ2v) is 2.06. The van der Waals surface area contributed by atoms with Crippen LogP contribution in [-0.2, 0) is 14.3 Å².